The first kappa shape index (κ1) is 16.8. The average Bonchev–Trinajstić information content (AvgIpc) is 2.51. The highest BCUT2D eigenvalue weighted by Gasteiger charge is 2.21. The van der Waals surface area contributed by atoms with Gasteiger partial charge in [0.15, 0.2) is 0 Å². The van der Waals surface area contributed by atoms with Crippen molar-refractivity contribution < 1.29 is 0 Å². The number of benzene rings is 1. The van der Waals surface area contributed by atoms with E-state index in [1.54, 1.807) is 0 Å². The van der Waals surface area contributed by atoms with Gasteiger partial charge < -0.3 is 10.2 Å². The van der Waals surface area contributed by atoms with Crippen LogP contribution in [0.3, 0.4) is 0 Å². The van der Waals surface area contributed by atoms with Gasteiger partial charge in [0, 0.05) is 23.6 Å². The lowest BCUT2D eigenvalue weighted by Crippen LogP contribution is -2.36. The van der Waals surface area contributed by atoms with Crippen LogP contribution in [0.5, 0.6) is 0 Å². The van der Waals surface area contributed by atoms with Crippen LogP contribution in [-0.4, -0.2) is 19.1 Å². The lowest BCUT2D eigenvalue weighted by molar-refractivity contribution is 0.418. The summed E-state index contributed by atoms with van der Waals surface area (Å²) in [5.74, 6) is 0. The van der Waals surface area contributed by atoms with Gasteiger partial charge in [0.1, 0.15) is 0 Å². The highest BCUT2D eigenvalue weighted by atomic mass is 79.9. The smallest absolute Gasteiger partial charge is 0.0513 e. The van der Waals surface area contributed by atoms with Gasteiger partial charge in [-0.1, -0.05) is 32.3 Å². The third-order valence-electron chi connectivity index (χ3n) is 4.43. The summed E-state index contributed by atoms with van der Waals surface area (Å²) in [5, 5.41) is 3.47. The van der Waals surface area contributed by atoms with Gasteiger partial charge in [-0.25, -0.2) is 0 Å². The topological polar surface area (TPSA) is 15.3 Å². The van der Waals surface area contributed by atoms with Crippen LogP contribution in [-0.2, 0) is 6.54 Å². The predicted octanol–water partition coefficient (Wildman–Crippen LogP) is 5.11. The number of hydrogen-bond acceptors (Lipinski definition) is 2. The summed E-state index contributed by atoms with van der Waals surface area (Å²) in [6, 6.07) is 7.58. The summed E-state index contributed by atoms with van der Waals surface area (Å²) in [7, 11) is 0. The van der Waals surface area contributed by atoms with Crippen molar-refractivity contribution in [1.82, 2.24) is 5.32 Å². The standard InChI is InChI=1S/C18H29BrN2/c1-3-12-20-14-15-10-11-18(17(19)13-15)21(4-2)16-8-6-5-7-9-16/h10-11,13,16,20H,3-9,12,14H2,1-2H3. The van der Waals surface area contributed by atoms with Crippen LogP contribution in [0.15, 0.2) is 22.7 Å². The fraction of sp³-hybridized carbons (Fsp3) is 0.667. The minimum absolute atomic E-state index is 0.726. The van der Waals surface area contributed by atoms with E-state index in [1.165, 1.54) is 54.2 Å². The molecule has 21 heavy (non-hydrogen) atoms. The maximum Gasteiger partial charge on any atom is 0.0513 e. The number of nitrogens with one attached hydrogen (secondary N) is 1. The zero-order chi connectivity index (χ0) is 15.1. The third kappa shape index (κ3) is 4.72. The molecule has 0 spiro atoms. The van der Waals surface area contributed by atoms with Gasteiger partial charge >= 0.3 is 0 Å². The highest BCUT2D eigenvalue weighted by Crippen LogP contribution is 2.33. The summed E-state index contributed by atoms with van der Waals surface area (Å²) < 4.78 is 1.24. The van der Waals surface area contributed by atoms with Crippen LogP contribution in [0.25, 0.3) is 0 Å². The summed E-state index contributed by atoms with van der Waals surface area (Å²) in [5.41, 5.74) is 2.72. The molecule has 1 aliphatic carbocycles. The van der Waals surface area contributed by atoms with Gasteiger partial charge in [0.2, 0.25) is 0 Å². The van der Waals surface area contributed by atoms with Crippen molar-refractivity contribution in [2.75, 3.05) is 18.0 Å². The van der Waals surface area contributed by atoms with E-state index in [4.69, 9.17) is 0 Å². The van der Waals surface area contributed by atoms with Crippen LogP contribution in [0, 0.1) is 0 Å². The minimum atomic E-state index is 0.726. The van der Waals surface area contributed by atoms with Gasteiger partial charge in [-0.05, 0) is 66.4 Å². The second-order valence-corrected chi connectivity index (χ2v) is 6.89. The zero-order valence-electron chi connectivity index (χ0n) is 13.5. The Balaban J connectivity index is 2.06. The number of anilines is 1. The van der Waals surface area contributed by atoms with Crippen molar-refractivity contribution in [2.24, 2.45) is 0 Å². The SMILES string of the molecule is CCCNCc1ccc(N(CC)C2CCCCC2)c(Br)c1. The summed E-state index contributed by atoms with van der Waals surface area (Å²) >= 11 is 3.79. The molecule has 2 rings (SSSR count). The Morgan fingerprint density at radius 1 is 1.19 bits per heavy atom. The summed E-state index contributed by atoms with van der Waals surface area (Å²) in [6.07, 6.45) is 8.07. The van der Waals surface area contributed by atoms with Crippen molar-refractivity contribution in [3.05, 3.63) is 28.2 Å². The first-order chi connectivity index (χ1) is 10.3. The normalized spacial score (nSPS) is 16.1. The van der Waals surface area contributed by atoms with Crippen LogP contribution in [0.4, 0.5) is 5.69 Å². The Kier molecular flexibility index (Phi) is 7.05. The number of nitrogens with zero attached hydrogens (tertiary/aromatic N) is 1. The second-order valence-electron chi connectivity index (χ2n) is 6.04. The maximum absolute atomic E-state index is 3.79. The molecule has 0 heterocycles. The minimum Gasteiger partial charge on any atom is -0.368 e. The van der Waals surface area contributed by atoms with E-state index in [9.17, 15) is 0 Å². The maximum atomic E-state index is 3.79. The van der Waals surface area contributed by atoms with Crippen molar-refractivity contribution >= 4 is 21.6 Å². The molecule has 0 radical (unpaired) electrons. The molecular weight excluding hydrogens is 324 g/mol. The van der Waals surface area contributed by atoms with Crippen LogP contribution >= 0.6 is 15.9 Å². The largest absolute Gasteiger partial charge is 0.368 e. The zero-order valence-corrected chi connectivity index (χ0v) is 15.1. The molecule has 0 aliphatic heterocycles. The Hall–Kier alpha value is -0.540. The van der Waals surface area contributed by atoms with Crippen LogP contribution < -0.4 is 10.2 Å². The van der Waals surface area contributed by atoms with Gasteiger partial charge in [0.25, 0.3) is 0 Å². The molecule has 3 heteroatoms. The van der Waals surface area contributed by atoms with E-state index in [2.05, 4.69) is 58.2 Å². The molecule has 0 aromatic heterocycles. The highest BCUT2D eigenvalue weighted by molar-refractivity contribution is 9.10. The molecule has 0 atom stereocenters. The Morgan fingerprint density at radius 3 is 2.57 bits per heavy atom. The molecule has 1 fully saturated rings. The third-order valence-corrected chi connectivity index (χ3v) is 5.07. The van der Waals surface area contributed by atoms with Crippen molar-refractivity contribution in [1.29, 1.82) is 0 Å². The molecule has 1 saturated carbocycles. The Morgan fingerprint density at radius 2 is 1.95 bits per heavy atom. The Bertz CT molecular complexity index is 427. The van der Waals surface area contributed by atoms with Gasteiger partial charge in [-0.15, -0.1) is 0 Å². The van der Waals surface area contributed by atoms with E-state index in [0.717, 1.165) is 25.7 Å². The molecule has 0 unspecified atom stereocenters. The summed E-state index contributed by atoms with van der Waals surface area (Å²) in [6.45, 7) is 7.62. The van der Waals surface area contributed by atoms with E-state index < -0.39 is 0 Å². The molecule has 1 aromatic rings. The molecular formula is C18H29BrN2. The van der Waals surface area contributed by atoms with Crippen LogP contribution in [0.1, 0.15) is 57.9 Å². The first-order valence-corrected chi connectivity index (χ1v) is 9.31. The van der Waals surface area contributed by atoms with Gasteiger partial charge in [-0.2, -0.15) is 0 Å². The van der Waals surface area contributed by atoms with Crippen molar-refractivity contribution in [2.45, 2.75) is 65.0 Å². The number of hydrogen-bond donors (Lipinski definition) is 1. The fourth-order valence-corrected chi connectivity index (χ4v) is 3.97. The second kappa shape index (κ2) is 8.79. The fourth-order valence-electron chi connectivity index (χ4n) is 3.32. The molecule has 2 nitrogen and oxygen atoms in total. The van der Waals surface area contributed by atoms with E-state index in [0.29, 0.717) is 0 Å². The molecule has 1 N–H and O–H groups in total. The van der Waals surface area contributed by atoms with Gasteiger partial charge in [-0.3, -0.25) is 0 Å². The van der Waals surface area contributed by atoms with Crippen molar-refractivity contribution in [3.63, 3.8) is 0 Å². The number of halogens is 1. The summed E-state index contributed by atoms with van der Waals surface area (Å²) in [4.78, 5) is 2.59. The average molecular weight is 353 g/mol. The molecule has 118 valence electrons. The predicted molar refractivity (Wildman–Crippen MR) is 96.0 cm³/mol. The molecule has 0 amide bonds. The quantitative estimate of drug-likeness (QED) is 0.686. The number of rotatable bonds is 7. The van der Waals surface area contributed by atoms with E-state index in [-0.39, 0.29) is 0 Å². The van der Waals surface area contributed by atoms with Gasteiger partial charge in [0.05, 0.1) is 5.69 Å². The first-order valence-electron chi connectivity index (χ1n) is 8.52. The Labute approximate surface area is 138 Å². The van der Waals surface area contributed by atoms with E-state index >= 15 is 0 Å². The van der Waals surface area contributed by atoms with E-state index in [1.807, 2.05) is 0 Å². The lowest BCUT2D eigenvalue weighted by atomic mass is 9.93. The van der Waals surface area contributed by atoms with Crippen molar-refractivity contribution in [3.8, 4) is 0 Å². The molecule has 1 aliphatic rings. The lowest BCUT2D eigenvalue weighted by Gasteiger charge is -2.36. The molecule has 0 saturated heterocycles. The molecule has 1 aromatic carbocycles. The van der Waals surface area contributed by atoms with Crippen LogP contribution in [0.2, 0.25) is 0 Å². The monoisotopic (exact) mass is 352 g/mol. The molecule has 0 bridgehead atoms.